The lowest BCUT2D eigenvalue weighted by Crippen LogP contribution is -2.49. The predicted molar refractivity (Wildman–Crippen MR) is 111 cm³/mol. The lowest BCUT2D eigenvalue weighted by atomic mass is 10.0. The van der Waals surface area contributed by atoms with E-state index in [2.05, 4.69) is 22.3 Å². The van der Waals surface area contributed by atoms with Gasteiger partial charge in [0.05, 0.1) is 12.7 Å². The maximum absolute atomic E-state index is 12.6. The van der Waals surface area contributed by atoms with Crippen LogP contribution in [0.3, 0.4) is 0 Å². The fraction of sp³-hybridized carbons (Fsp3) is 0.364. The van der Waals surface area contributed by atoms with Gasteiger partial charge in [0.15, 0.2) is 0 Å². The normalized spacial score (nSPS) is 16.5. The molecule has 0 unspecified atom stereocenters. The highest BCUT2D eigenvalue weighted by Crippen LogP contribution is 2.30. The molecule has 1 aliphatic heterocycles. The summed E-state index contributed by atoms with van der Waals surface area (Å²) in [6.07, 6.45) is -0.181. The third kappa shape index (κ3) is 4.70. The van der Waals surface area contributed by atoms with Crippen LogP contribution >= 0.6 is 0 Å². The molecule has 0 spiro atoms. The summed E-state index contributed by atoms with van der Waals surface area (Å²) >= 11 is 0. The van der Waals surface area contributed by atoms with Crippen molar-refractivity contribution in [3.63, 3.8) is 0 Å². The monoisotopic (exact) mass is 381 g/mol. The van der Waals surface area contributed by atoms with Crippen molar-refractivity contribution in [3.05, 3.63) is 54.1 Å². The lowest BCUT2D eigenvalue weighted by Gasteiger charge is -2.32. The SMILES string of the molecule is CC(=O)N1CCO[C@H](CNC(=O)c2cccc(-c3ccccc3N(C)C)c2)C1. The van der Waals surface area contributed by atoms with Crippen molar-refractivity contribution in [3.8, 4) is 11.1 Å². The van der Waals surface area contributed by atoms with Crippen molar-refractivity contribution in [1.29, 1.82) is 0 Å². The van der Waals surface area contributed by atoms with Crippen molar-refractivity contribution in [2.24, 2.45) is 0 Å². The first kappa shape index (κ1) is 19.9. The Labute approximate surface area is 166 Å². The van der Waals surface area contributed by atoms with Gasteiger partial charge in [-0.25, -0.2) is 0 Å². The molecule has 1 aliphatic rings. The standard InChI is InChI=1S/C22H27N3O3/c1-16(26)25-11-12-28-19(15-25)14-23-22(27)18-8-6-7-17(13-18)20-9-4-5-10-21(20)24(2)3/h4-10,13,19H,11-12,14-15H2,1-3H3,(H,23,27)/t19-/m1/s1. The minimum absolute atomic E-state index is 0.0342. The molecule has 1 heterocycles. The van der Waals surface area contributed by atoms with Gasteiger partial charge in [0.1, 0.15) is 0 Å². The molecule has 2 aromatic rings. The number of amides is 2. The van der Waals surface area contributed by atoms with Gasteiger partial charge in [-0.05, 0) is 23.8 Å². The van der Waals surface area contributed by atoms with E-state index in [-0.39, 0.29) is 17.9 Å². The highest BCUT2D eigenvalue weighted by molar-refractivity contribution is 5.96. The molecule has 6 nitrogen and oxygen atoms in total. The first-order chi connectivity index (χ1) is 13.5. The number of carbonyl (C=O) groups excluding carboxylic acids is 2. The van der Waals surface area contributed by atoms with Gasteiger partial charge in [-0.15, -0.1) is 0 Å². The van der Waals surface area contributed by atoms with Crippen LogP contribution in [-0.4, -0.2) is 63.2 Å². The van der Waals surface area contributed by atoms with Crippen molar-refractivity contribution in [2.75, 3.05) is 45.2 Å². The number of nitrogens with one attached hydrogen (secondary N) is 1. The number of rotatable bonds is 5. The van der Waals surface area contributed by atoms with Gasteiger partial charge in [0.25, 0.3) is 5.91 Å². The maximum atomic E-state index is 12.6. The highest BCUT2D eigenvalue weighted by Gasteiger charge is 2.22. The molecule has 0 saturated carbocycles. The third-order valence-electron chi connectivity index (χ3n) is 4.90. The second kappa shape index (κ2) is 8.89. The number of para-hydroxylation sites is 1. The summed E-state index contributed by atoms with van der Waals surface area (Å²) in [6, 6.07) is 15.7. The molecule has 0 bridgehead atoms. The summed E-state index contributed by atoms with van der Waals surface area (Å²) in [6.45, 7) is 3.54. The highest BCUT2D eigenvalue weighted by atomic mass is 16.5. The Morgan fingerprint density at radius 1 is 1.18 bits per heavy atom. The number of morpholine rings is 1. The van der Waals surface area contributed by atoms with Gasteiger partial charge in [0, 0.05) is 57.5 Å². The van der Waals surface area contributed by atoms with E-state index in [4.69, 9.17) is 4.74 Å². The quantitative estimate of drug-likeness (QED) is 0.864. The largest absolute Gasteiger partial charge is 0.377 e. The molecule has 1 atom stereocenters. The van der Waals surface area contributed by atoms with E-state index in [0.29, 0.717) is 31.8 Å². The molecule has 28 heavy (non-hydrogen) atoms. The zero-order valence-electron chi connectivity index (χ0n) is 16.6. The van der Waals surface area contributed by atoms with Crippen molar-refractivity contribution < 1.29 is 14.3 Å². The molecular formula is C22H27N3O3. The fourth-order valence-corrected chi connectivity index (χ4v) is 3.37. The van der Waals surface area contributed by atoms with Gasteiger partial charge in [-0.2, -0.15) is 0 Å². The molecule has 1 N–H and O–H groups in total. The van der Waals surface area contributed by atoms with E-state index < -0.39 is 0 Å². The van der Waals surface area contributed by atoms with Gasteiger partial charge >= 0.3 is 0 Å². The zero-order chi connectivity index (χ0) is 20.1. The van der Waals surface area contributed by atoms with Crippen LogP contribution in [0.1, 0.15) is 17.3 Å². The van der Waals surface area contributed by atoms with E-state index in [0.717, 1.165) is 16.8 Å². The van der Waals surface area contributed by atoms with E-state index in [1.807, 2.05) is 44.4 Å². The van der Waals surface area contributed by atoms with Crippen LogP contribution in [0.4, 0.5) is 5.69 Å². The second-order valence-corrected chi connectivity index (χ2v) is 7.16. The minimum Gasteiger partial charge on any atom is -0.377 e. The number of benzene rings is 2. The van der Waals surface area contributed by atoms with E-state index in [1.165, 1.54) is 0 Å². The summed E-state index contributed by atoms with van der Waals surface area (Å²) in [5.74, 6) is -0.111. The molecule has 6 heteroatoms. The smallest absolute Gasteiger partial charge is 0.251 e. The average molecular weight is 381 g/mol. The molecule has 0 aromatic heterocycles. The molecule has 3 rings (SSSR count). The number of ether oxygens (including phenoxy) is 1. The summed E-state index contributed by atoms with van der Waals surface area (Å²) in [5.41, 5.74) is 3.77. The molecule has 2 amide bonds. The molecule has 0 radical (unpaired) electrons. The Morgan fingerprint density at radius 2 is 1.96 bits per heavy atom. The first-order valence-electron chi connectivity index (χ1n) is 9.48. The van der Waals surface area contributed by atoms with E-state index in [9.17, 15) is 9.59 Å². The number of anilines is 1. The molecule has 1 saturated heterocycles. The van der Waals surface area contributed by atoms with Crippen molar-refractivity contribution in [2.45, 2.75) is 13.0 Å². The number of hydrogen-bond acceptors (Lipinski definition) is 4. The van der Waals surface area contributed by atoms with Gasteiger partial charge in [-0.3, -0.25) is 9.59 Å². The molecular weight excluding hydrogens is 354 g/mol. The Bertz CT molecular complexity index is 850. The molecule has 1 fully saturated rings. The van der Waals surface area contributed by atoms with Crippen LogP contribution in [0.2, 0.25) is 0 Å². The fourth-order valence-electron chi connectivity index (χ4n) is 3.37. The number of hydrogen-bond donors (Lipinski definition) is 1. The van der Waals surface area contributed by atoms with Crippen LogP contribution in [0.15, 0.2) is 48.5 Å². The second-order valence-electron chi connectivity index (χ2n) is 7.16. The number of carbonyl (C=O) groups is 2. The van der Waals surface area contributed by atoms with Gasteiger partial charge in [-0.1, -0.05) is 30.3 Å². The summed E-state index contributed by atoms with van der Waals surface area (Å²) in [5, 5.41) is 2.93. The summed E-state index contributed by atoms with van der Waals surface area (Å²) < 4.78 is 5.67. The van der Waals surface area contributed by atoms with E-state index in [1.54, 1.807) is 17.9 Å². The average Bonchev–Trinajstić information content (AvgIpc) is 2.72. The Kier molecular flexibility index (Phi) is 6.31. The van der Waals surface area contributed by atoms with Crippen molar-refractivity contribution in [1.82, 2.24) is 10.2 Å². The Balaban J connectivity index is 1.69. The summed E-state index contributed by atoms with van der Waals surface area (Å²) in [7, 11) is 4.01. The zero-order valence-corrected chi connectivity index (χ0v) is 16.6. The van der Waals surface area contributed by atoms with Crippen LogP contribution in [0.5, 0.6) is 0 Å². The molecule has 0 aliphatic carbocycles. The lowest BCUT2D eigenvalue weighted by molar-refractivity contribution is -0.136. The van der Waals surface area contributed by atoms with Gasteiger partial charge < -0.3 is 19.9 Å². The minimum atomic E-state index is -0.181. The van der Waals surface area contributed by atoms with Crippen LogP contribution in [0.25, 0.3) is 11.1 Å². The third-order valence-corrected chi connectivity index (χ3v) is 4.90. The molecule has 2 aromatic carbocycles. The number of nitrogens with zero attached hydrogens (tertiary/aromatic N) is 2. The van der Waals surface area contributed by atoms with E-state index >= 15 is 0 Å². The van der Waals surface area contributed by atoms with Gasteiger partial charge in [0.2, 0.25) is 5.91 Å². The van der Waals surface area contributed by atoms with Crippen LogP contribution in [0, 0.1) is 0 Å². The topological polar surface area (TPSA) is 61.9 Å². The Morgan fingerprint density at radius 3 is 2.71 bits per heavy atom. The predicted octanol–water partition coefficient (Wildman–Crippen LogP) is 2.40. The van der Waals surface area contributed by atoms with Crippen LogP contribution in [-0.2, 0) is 9.53 Å². The van der Waals surface area contributed by atoms with Crippen LogP contribution < -0.4 is 10.2 Å². The summed E-state index contributed by atoms with van der Waals surface area (Å²) in [4.78, 5) is 28.0. The first-order valence-corrected chi connectivity index (χ1v) is 9.48. The molecule has 148 valence electrons. The maximum Gasteiger partial charge on any atom is 0.251 e. The Hall–Kier alpha value is -2.86. The van der Waals surface area contributed by atoms with Crippen molar-refractivity contribution >= 4 is 17.5 Å².